The molecule has 0 spiro atoms. The van der Waals surface area contributed by atoms with E-state index in [4.69, 9.17) is 0 Å². The Balaban J connectivity index is 1.62. The van der Waals surface area contributed by atoms with Gasteiger partial charge in [-0.15, -0.1) is 0 Å². The van der Waals surface area contributed by atoms with Gasteiger partial charge in [-0.3, -0.25) is 4.79 Å². The van der Waals surface area contributed by atoms with Gasteiger partial charge in [-0.1, -0.05) is 28.1 Å². The first-order chi connectivity index (χ1) is 14.3. The molecule has 1 fully saturated rings. The van der Waals surface area contributed by atoms with Crippen molar-refractivity contribution in [3.63, 3.8) is 0 Å². The van der Waals surface area contributed by atoms with Gasteiger partial charge in [0.05, 0.1) is 16.1 Å². The van der Waals surface area contributed by atoms with Crippen LogP contribution in [0, 0.1) is 0 Å². The zero-order chi connectivity index (χ0) is 21.5. The Hall–Kier alpha value is -2.31. The molecule has 0 aromatic heterocycles. The van der Waals surface area contributed by atoms with Gasteiger partial charge in [0, 0.05) is 22.3 Å². The van der Waals surface area contributed by atoms with Crippen LogP contribution in [0.3, 0.4) is 0 Å². The zero-order valence-corrected chi connectivity index (χ0v) is 19.9. The van der Waals surface area contributed by atoms with Crippen molar-refractivity contribution in [3.05, 3.63) is 69.0 Å². The number of halogens is 1. The van der Waals surface area contributed by atoms with E-state index in [2.05, 4.69) is 83.1 Å². The Bertz CT molecular complexity index is 1100. The number of carbonyl (C=O) groups is 1. The predicted molar refractivity (Wildman–Crippen MR) is 132 cm³/mol. The molecule has 30 heavy (non-hydrogen) atoms. The maximum absolute atomic E-state index is 12.5. The van der Waals surface area contributed by atoms with Crippen LogP contribution in [-0.2, 0) is 4.79 Å². The van der Waals surface area contributed by atoms with Gasteiger partial charge in [-0.25, -0.2) is 4.99 Å². The molecule has 2 aromatic carbocycles. The van der Waals surface area contributed by atoms with Crippen LogP contribution in [0.1, 0.15) is 38.8 Å². The van der Waals surface area contributed by atoms with Crippen LogP contribution in [0.25, 0.3) is 11.6 Å². The van der Waals surface area contributed by atoms with Crippen LogP contribution in [0.5, 0.6) is 0 Å². The molecule has 0 atom stereocenters. The summed E-state index contributed by atoms with van der Waals surface area (Å²) in [6.45, 7) is 9.76. The van der Waals surface area contributed by atoms with Crippen molar-refractivity contribution in [3.8, 4) is 0 Å². The molecule has 1 saturated heterocycles. The van der Waals surface area contributed by atoms with Gasteiger partial charge in [-0.05, 0) is 93.1 Å². The minimum absolute atomic E-state index is 0.00854. The lowest BCUT2D eigenvalue weighted by atomic mass is 9.88. The summed E-state index contributed by atoms with van der Waals surface area (Å²) in [5, 5.41) is 3.46. The van der Waals surface area contributed by atoms with Gasteiger partial charge < -0.3 is 10.2 Å². The number of likely N-dealkylation sites (N-methyl/N-ethyl adjacent to an activating group) is 1. The molecule has 1 amide bonds. The molecule has 0 radical (unpaired) electrons. The van der Waals surface area contributed by atoms with Gasteiger partial charge in [0.2, 0.25) is 0 Å². The number of amidine groups is 1. The molecule has 0 aliphatic carbocycles. The van der Waals surface area contributed by atoms with Gasteiger partial charge >= 0.3 is 0 Å². The van der Waals surface area contributed by atoms with Crippen LogP contribution >= 0.6 is 27.7 Å². The highest BCUT2D eigenvalue weighted by Crippen LogP contribution is 2.39. The average molecular weight is 482 g/mol. The third kappa shape index (κ3) is 4.12. The van der Waals surface area contributed by atoms with E-state index < -0.39 is 0 Å². The number of hydrogen-bond donors (Lipinski definition) is 1. The summed E-state index contributed by atoms with van der Waals surface area (Å²) in [6, 6.07) is 14.1. The number of hydrogen-bond acceptors (Lipinski definition) is 4. The first-order valence-electron chi connectivity index (χ1n) is 9.93. The summed E-state index contributed by atoms with van der Waals surface area (Å²) >= 11 is 4.79. The quantitative estimate of drug-likeness (QED) is 0.518. The minimum Gasteiger partial charge on any atom is -0.363 e. The molecule has 2 heterocycles. The van der Waals surface area contributed by atoms with Crippen molar-refractivity contribution in [2.75, 3.05) is 11.4 Å². The number of thioether (sulfide) groups is 1. The van der Waals surface area contributed by atoms with E-state index in [1.54, 1.807) is 0 Å². The molecule has 0 unspecified atom stereocenters. The van der Waals surface area contributed by atoms with Crippen molar-refractivity contribution < 1.29 is 4.79 Å². The highest BCUT2D eigenvalue weighted by atomic mass is 79.9. The maximum atomic E-state index is 12.5. The number of allylic oxidation sites excluding steroid dienone is 1. The molecular formula is C24H24BrN3OS. The highest BCUT2D eigenvalue weighted by molar-refractivity contribution is 9.10. The van der Waals surface area contributed by atoms with Crippen molar-refractivity contribution >= 4 is 61.8 Å². The minimum atomic E-state index is -0.114. The largest absolute Gasteiger partial charge is 0.363 e. The first kappa shape index (κ1) is 20.9. The topological polar surface area (TPSA) is 44.7 Å². The summed E-state index contributed by atoms with van der Waals surface area (Å²) in [6.07, 6.45) is 4.25. The second-order valence-electron chi connectivity index (χ2n) is 7.96. The van der Waals surface area contributed by atoms with E-state index in [0.717, 1.165) is 22.3 Å². The number of nitrogens with zero attached hydrogens (tertiary/aromatic N) is 2. The molecule has 4 nitrogen and oxygen atoms in total. The van der Waals surface area contributed by atoms with E-state index in [0.29, 0.717) is 10.1 Å². The van der Waals surface area contributed by atoms with Crippen molar-refractivity contribution in [2.45, 2.75) is 33.2 Å². The Morgan fingerprint density at radius 1 is 1.20 bits per heavy atom. The second-order valence-corrected chi connectivity index (χ2v) is 9.91. The van der Waals surface area contributed by atoms with Crippen LogP contribution in [0.15, 0.2) is 62.9 Å². The molecule has 4 rings (SSSR count). The third-order valence-corrected chi connectivity index (χ3v) is 6.76. The fraction of sp³-hybridized carbons (Fsp3) is 0.250. The first-order valence-corrected chi connectivity index (χ1v) is 11.5. The number of benzene rings is 2. The highest BCUT2D eigenvalue weighted by Gasteiger charge is 2.30. The Labute approximate surface area is 190 Å². The molecule has 2 aromatic rings. The predicted octanol–water partition coefficient (Wildman–Crippen LogP) is 6.36. The molecule has 2 aliphatic heterocycles. The smallest absolute Gasteiger partial charge is 0.264 e. The van der Waals surface area contributed by atoms with Gasteiger partial charge in [0.15, 0.2) is 5.17 Å². The van der Waals surface area contributed by atoms with Gasteiger partial charge in [-0.2, -0.15) is 0 Å². The number of carbonyl (C=O) groups excluding carboxylic acids is 1. The van der Waals surface area contributed by atoms with E-state index in [1.165, 1.54) is 28.6 Å². The molecule has 0 bridgehead atoms. The number of fused-ring (bicyclic) bond motifs is 1. The normalized spacial score (nSPS) is 20.4. The van der Waals surface area contributed by atoms with Crippen LogP contribution in [0.4, 0.5) is 11.4 Å². The SMILES string of the molecule is CCN1c2ccc(/C=C3/SC(=Nc4ccc(Br)cc4)NC3=O)cc2C(C)=CC1(C)C. The number of amides is 1. The van der Waals surface area contributed by atoms with E-state index in [-0.39, 0.29) is 11.4 Å². The lowest BCUT2D eigenvalue weighted by Crippen LogP contribution is -2.44. The van der Waals surface area contributed by atoms with Crippen LogP contribution < -0.4 is 10.2 Å². The van der Waals surface area contributed by atoms with Crippen molar-refractivity contribution in [1.29, 1.82) is 0 Å². The summed E-state index contributed by atoms with van der Waals surface area (Å²) in [5.41, 5.74) is 5.54. The van der Waals surface area contributed by atoms with Crippen molar-refractivity contribution in [1.82, 2.24) is 5.32 Å². The number of nitrogens with one attached hydrogen (secondary N) is 1. The fourth-order valence-electron chi connectivity index (χ4n) is 4.03. The third-order valence-electron chi connectivity index (χ3n) is 5.32. The van der Waals surface area contributed by atoms with Gasteiger partial charge in [0.1, 0.15) is 0 Å². The molecule has 6 heteroatoms. The maximum Gasteiger partial charge on any atom is 0.264 e. The summed E-state index contributed by atoms with van der Waals surface area (Å²) in [4.78, 5) is 20.1. The number of anilines is 1. The van der Waals surface area contributed by atoms with E-state index in [1.807, 2.05) is 30.3 Å². The molecule has 2 aliphatic rings. The van der Waals surface area contributed by atoms with E-state index in [9.17, 15) is 4.79 Å². The summed E-state index contributed by atoms with van der Waals surface area (Å²) < 4.78 is 0.997. The molecule has 154 valence electrons. The van der Waals surface area contributed by atoms with Crippen molar-refractivity contribution in [2.24, 2.45) is 4.99 Å². The average Bonchev–Trinajstić information content (AvgIpc) is 3.02. The Kier molecular flexibility index (Phi) is 5.64. The second kappa shape index (κ2) is 8.08. The zero-order valence-electron chi connectivity index (χ0n) is 17.5. The molecule has 0 saturated carbocycles. The summed E-state index contributed by atoms with van der Waals surface area (Å²) in [7, 11) is 0. The molecular weight excluding hydrogens is 458 g/mol. The number of rotatable bonds is 3. The summed E-state index contributed by atoms with van der Waals surface area (Å²) in [5.74, 6) is -0.114. The monoisotopic (exact) mass is 481 g/mol. The Morgan fingerprint density at radius 2 is 1.93 bits per heavy atom. The molecule has 1 N–H and O–H groups in total. The van der Waals surface area contributed by atoms with E-state index >= 15 is 0 Å². The standard InChI is InChI=1S/C24H24BrN3OS/c1-5-28-20-11-6-16(12-19(20)15(2)14-24(28,3)4)13-21-22(29)27-23(30-21)26-18-9-7-17(25)8-10-18/h6-14H,5H2,1-4H3,(H,26,27,29)/b21-13+. The van der Waals surface area contributed by atoms with Crippen LogP contribution in [0.2, 0.25) is 0 Å². The lowest BCUT2D eigenvalue weighted by molar-refractivity contribution is -0.115. The fourth-order valence-corrected chi connectivity index (χ4v) is 5.14. The van der Waals surface area contributed by atoms with Gasteiger partial charge in [0.25, 0.3) is 5.91 Å². The Morgan fingerprint density at radius 3 is 2.63 bits per heavy atom. The lowest BCUT2D eigenvalue weighted by Gasteiger charge is -2.42. The number of aliphatic imine (C=N–C) groups is 1. The van der Waals surface area contributed by atoms with Crippen LogP contribution in [-0.4, -0.2) is 23.2 Å².